The van der Waals surface area contributed by atoms with E-state index in [1.165, 1.54) is 0 Å². The number of aryl methyl sites for hydroxylation is 1. The van der Waals surface area contributed by atoms with Crippen molar-refractivity contribution < 1.29 is 9.59 Å². The van der Waals surface area contributed by atoms with E-state index in [-0.39, 0.29) is 18.2 Å². The summed E-state index contributed by atoms with van der Waals surface area (Å²) >= 11 is 6.08. The maximum absolute atomic E-state index is 13.1. The summed E-state index contributed by atoms with van der Waals surface area (Å²) in [6, 6.07) is 12.9. The fourth-order valence-electron chi connectivity index (χ4n) is 3.56. The molecule has 2 aromatic heterocycles. The van der Waals surface area contributed by atoms with Gasteiger partial charge in [-0.25, -0.2) is 0 Å². The van der Waals surface area contributed by atoms with Gasteiger partial charge in [-0.3, -0.25) is 19.6 Å². The second kappa shape index (κ2) is 8.17. The molecule has 0 unspecified atom stereocenters. The van der Waals surface area contributed by atoms with Gasteiger partial charge in [-0.2, -0.15) is 0 Å². The molecule has 1 aromatic carbocycles. The summed E-state index contributed by atoms with van der Waals surface area (Å²) in [4.78, 5) is 37.9. The van der Waals surface area contributed by atoms with Crippen molar-refractivity contribution in [2.75, 3.05) is 26.2 Å². The minimum absolute atomic E-state index is 0.0361. The summed E-state index contributed by atoms with van der Waals surface area (Å²) in [7, 11) is 0. The van der Waals surface area contributed by atoms with E-state index in [0.29, 0.717) is 42.5 Å². The molecular weight excluding hydrogens is 388 g/mol. The molecule has 148 valence electrons. The number of fused-ring (bicyclic) bond motifs is 1. The number of halogens is 1. The summed E-state index contributed by atoms with van der Waals surface area (Å²) in [6.07, 6.45) is 1.97. The van der Waals surface area contributed by atoms with Crippen LogP contribution < -0.4 is 0 Å². The number of hydrogen-bond donors (Lipinski definition) is 0. The Labute approximate surface area is 174 Å². The van der Waals surface area contributed by atoms with Gasteiger partial charge < -0.3 is 9.80 Å². The molecule has 7 heteroatoms. The lowest BCUT2D eigenvalue weighted by Gasteiger charge is -2.35. The Morgan fingerprint density at radius 1 is 1.03 bits per heavy atom. The molecule has 1 aliphatic rings. The molecule has 2 amide bonds. The van der Waals surface area contributed by atoms with Gasteiger partial charge in [-0.1, -0.05) is 17.7 Å². The first kappa shape index (κ1) is 19.3. The first-order valence-corrected chi connectivity index (χ1v) is 9.93. The van der Waals surface area contributed by atoms with Gasteiger partial charge in [0, 0.05) is 48.5 Å². The smallest absolute Gasteiger partial charge is 0.255 e. The lowest BCUT2D eigenvalue weighted by molar-refractivity contribution is -0.132. The maximum atomic E-state index is 13.1. The highest BCUT2D eigenvalue weighted by atomic mass is 35.5. The van der Waals surface area contributed by atoms with E-state index in [9.17, 15) is 9.59 Å². The molecule has 0 spiro atoms. The molecule has 1 fully saturated rings. The molecule has 3 aromatic rings. The predicted octanol–water partition coefficient (Wildman–Crippen LogP) is 3.12. The van der Waals surface area contributed by atoms with Crippen LogP contribution in [0.4, 0.5) is 0 Å². The lowest BCUT2D eigenvalue weighted by Crippen LogP contribution is -2.51. The van der Waals surface area contributed by atoms with Crippen molar-refractivity contribution in [2.24, 2.45) is 0 Å². The summed E-state index contributed by atoms with van der Waals surface area (Å²) in [5.41, 5.74) is 2.84. The minimum atomic E-state index is -0.0614. The van der Waals surface area contributed by atoms with Gasteiger partial charge in [0.1, 0.15) is 0 Å². The van der Waals surface area contributed by atoms with E-state index in [1.807, 2.05) is 43.3 Å². The number of pyridine rings is 2. The minimum Gasteiger partial charge on any atom is -0.339 e. The number of nitrogens with zero attached hydrogens (tertiary/aromatic N) is 4. The molecule has 1 aliphatic heterocycles. The van der Waals surface area contributed by atoms with Crippen LogP contribution in [0.15, 0.2) is 48.7 Å². The number of aromatic nitrogens is 2. The number of amides is 2. The van der Waals surface area contributed by atoms with Crippen molar-refractivity contribution in [1.82, 2.24) is 19.8 Å². The average molecular weight is 409 g/mol. The van der Waals surface area contributed by atoms with Gasteiger partial charge >= 0.3 is 0 Å². The molecule has 3 heterocycles. The molecule has 0 saturated carbocycles. The number of rotatable bonds is 3. The number of hydrogen-bond acceptors (Lipinski definition) is 4. The maximum Gasteiger partial charge on any atom is 0.255 e. The van der Waals surface area contributed by atoms with Crippen LogP contribution in [0.1, 0.15) is 21.7 Å². The van der Waals surface area contributed by atoms with E-state index >= 15 is 0 Å². The largest absolute Gasteiger partial charge is 0.339 e. The Balaban J connectivity index is 1.43. The summed E-state index contributed by atoms with van der Waals surface area (Å²) in [5, 5.41) is 1.46. The Morgan fingerprint density at radius 2 is 1.79 bits per heavy atom. The first-order valence-electron chi connectivity index (χ1n) is 9.55. The molecule has 1 saturated heterocycles. The first-order chi connectivity index (χ1) is 14.0. The molecule has 0 radical (unpaired) electrons. The fraction of sp³-hybridized carbons (Fsp3) is 0.273. The molecular formula is C22H21ClN4O2. The van der Waals surface area contributed by atoms with E-state index in [2.05, 4.69) is 9.97 Å². The normalized spacial score (nSPS) is 14.3. The topological polar surface area (TPSA) is 66.4 Å². The van der Waals surface area contributed by atoms with Gasteiger partial charge in [-0.05, 0) is 43.3 Å². The highest BCUT2D eigenvalue weighted by molar-refractivity contribution is 6.31. The SMILES string of the molecule is Cc1nc2ccc(Cl)cc2cc1C(=O)N1CCN(C(=O)Cc2ccccn2)CC1. The lowest BCUT2D eigenvalue weighted by atomic mass is 10.1. The van der Waals surface area contributed by atoms with Crippen LogP contribution in [0.5, 0.6) is 0 Å². The number of benzene rings is 1. The zero-order chi connectivity index (χ0) is 20.4. The van der Waals surface area contributed by atoms with Crippen LogP contribution in [0.25, 0.3) is 10.9 Å². The molecule has 0 aliphatic carbocycles. The highest BCUT2D eigenvalue weighted by Gasteiger charge is 2.26. The van der Waals surface area contributed by atoms with E-state index < -0.39 is 0 Å². The number of piperazine rings is 1. The third-order valence-corrected chi connectivity index (χ3v) is 5.41. The van der Waals surface area contributed by atoms with Crippen molar-refractivity contribution in [2.45, 2.75) is 13.3 Å². The Kier molecular flexibility index (Phi) is 5.45. The molecule has 4 rings (SSSR count). The number of carbonyl (C=O) groups excluding carboxylic acids is 2. The predicted molar refractivity (Wildman–Crippen MR) is 112 cm³/mol. The van der Waals surface area contributed by atoms with Crippen molar-refractivity contribution in [3.63, 3.8) is 0 Å². The Hall–Kier alpha value is -2.99. The summed E-state index contributed by atoms with van der Waals surface area (Å²) in [6.45, 7) is 3.88. The van der Waals surface area contributed by atoms with Gasteiger partial charge in [0.2, 0.25) is 5.91 Å². The fourth-order valence-corrected chi connectivity index (χ4v) is 3.74. The average Bonchev–Trinajstić information content (AvgIpc) is 2.74. The second-order valence-corrected chi connectivity index (χ2v) is 7.57. The van der Waals surface area contributed by atoms with Crippen LogP contribution >= 0.6 is 11.6 Å². The van der Waals surface area contributed by atoms with Crippen LogP contribution in [0.3, 0.4) is 0 Å². The van der Waals surface area contributed by atoms with E-state index in [0.717, 1.165) is 16.6 Å². The summed E-state index contributed by atoms with van der Waals surface area (Å²) in [5.74, 6) is -0.0253. The van der Waals surface area contributed by atoms with Gasteiger partial charge in [-0.15, -0.1) is 0 Å². The molecule has 6 nitrogen and oxygen atoms in total. The van der Waals surface area contributed by atoms with E-state index in [4.69, 9.17) is 11.6 Å². The van der Waals surface area contributed by atoms with Gasteiger partial charge in [0.05, 0.1) is 23.2 Å². The summed E-state index contributed by atoms with van der Waals surface area (Å²) < 4.78 is 0. The van der Waals surface area contributed by atoms with Gasteiger partial charge in [0.15, 0.2) is 0 Å². The Bertz CT molecular complexity index is 1060. The molecule has 0 atom stereocenters. The van der Waals surface area contributed by atoms with E-state index in [1.54, 1.807) is 22.1 Å². The second-order valence-electron chi connectivity index (χ2n) is 7.13. The van der Waals surface area contributed by atoms with Crippen LogP contribution in [0, 0.1) is 6.92 Å². The molecule has 0 N–H and O–H groups in total. The zero-order valence-electron chi connectivity index (χ0n) is 16.1. The Morgan fingerprint density at radius 3 is 2.52 bits per heavy atom. The van der Waals surface area contributed by atoms with Crippen molar-refractivity contribution in [3.8, 4) is 0 Å². The van der Waals surface area contributed by atoms with Crippen molar-refractivity contribution >= 4 is 34.3 Å². The molecule has 29 heavy (non-hydrogen) atoms. The number of carbonyl (C=O) groups is 2. The molecule has 0 bridgehead atoms. The monoisotopic (exact) mass is 408 g/mol. The van der Waals surface area contributed by atoms with Gasteiger partial charge in [0.25, 0.3) is 5.91 Å². The highest BCUT2D eigenvalue weighted by Crippen LogP contribution is 2.22. The van der Waals surface area contributed by atoms with Crippen LogP contribution in [-0.2, 0) is 11.2 Å². The standard InChI is InChI=1S/C22H21ClN4O2/c1-15-19(13-16-12-17(23)5-6-20(16)25-15)22(29)27-10-8-26(9-11-27)21(28)14-18-4-2-3-7-24-18/h2-7,12-13H,8-11,14H2,1H3. The van der Waals surface area contributed by atoms with Crippen LogP contribution in [0.2, 0.25) is 5.02 Å². The third-order valence-electron chi connectivity index (χ3n) is 5.18. The van der Waals surface area contributed by atoms with Crippen LogP contribution in [-0.4, -0.2) is 57.8 Å². The third kappa shape index (κ3) is 4.22. The van der Waals surface area contributed by atoms with Crippen molar-refractivity contribution in [1.29, 1.82) is 0 Å². The van der Waals surface area contributed by atoms with Crippen molar-refractivity contribution in [3.05, 3.63) is 70.6 Å². The quantitative estimate of drug-likeness (QED) is 0.667. The zero-order valence-corrected chi connectivity index (χ0v) is 16.9.